The van der Waals surface area contributed by atoms with E-state index in [1.54, 1.807) is 6.26 Å². The second kappa shape index (κ2) is 7.04. The Kier molecular flexibility index (Phi) is 5.10. The molecular weight excluding hydrogens is 248 g/mol. The van der Waals surface area contributed by atoms with Crippen LogP contribution in [-0.2, 0) is 0 Å². The lowest BCUT2D eigenvalue weighted by Gasteiger charge is -2.22. The van der Waals surface area contributed by atoms with Crippen LogP contribution < -0.4 is 10.2 Å². The molecule has 0 radical (unpaired) electrons. The average molecular weight is 272 g/mol. The largest absolute Gasteiger partial charge is 0.467 e. The van der Waals surface area contributed by atoms with Crippen LogP contribution >= 0.6 is 0 Å². The summed E-state index contributed by atoms with van der Waals surface area (Å²) in [6, 6.07) is 12.8. The van der Waals surface area contributed by atoms with E-state index in [0.29, 0.717) is 0 Å². The summed E-state index contributed by atoms with van der Waals surface area (Å²) >= 11 is 0. The Balaban J connectivity index is 2.06. The van der Waals surface area contributed by atoms with Crippen molar-refractivity contribution >= 4 is 11.4 Å². The van der Waals surface area contributed by atoms with Gasteiger partial charge in [0.1, 0.15) is 5.76 Å². The van der Waals surface area contributed by atoms with Gasteiger partial charge in [-0.2, -0.15) is 0 Å². The maximum atomic E-state index is 5.48. The first kappa shape index (κ1) is 14.5. The van der Waals surface area contributed by atoms with Gasteiger partial charge in [-0.1, -0.05) is 6.92 Å². The predicted molar refractivity (Wildman–Crippen MR) is 85.4 cm³/mol. The molecule has 1 aromatic carbocycles. The molecule has 0 aliphatic rings. The molecule has 2 aromatic rings. The van der Waals surface area contributed by atoms with Crippen molar-refractivity contribution in [2.24, 2.45) is 0 Å². The molecule has 1 heterocycles. The van der Waals surface area contributed by atoms with Crippen LogP contribution in [0.4, 0.5) is 11.4 Å². The highest BCUT2D eigenvalue weighted by Gasteiger charge is 2.11. The Morgan fingerprint density at radius 1 is 1.05 bits per heavy atom. The summed E-state index contributed by atoms with van der Waals surface area (Å²) in [5.74, 6) is 0.986. The smallest absolute Gasteiger partial charge is 0.125 e. The first-order chi connectivity index (χ1) is 9.78. The molecule has 108 valence electrons. The minimum atomic E-state index is 0.226. The topological polar surface area (TPSA) is 28.4 Å². The Morgan fingerprint density at radius 3 is 2.25 bits per heavy atom. The fourth-order valence-electron chi connectivity index (χ4n) is 2.42. The van der Waals surface area contributed by atoms with Gasteiger partial charge in [0.05, 0.1) is 12.3 Å². The van der Waals surface area contributed by atoms with Crippen LogP contribution in [0.3, 0.4) is 0 Å². The Labute approximate surface area is 121 Å². The lowest BCUT2D eigenvalue weighted by molar-refractivity contribution is 0.474. The summed E-state index contributed by atoms with van der Waals surface area (Å²) < 4.78 is 5.48. The Bertz CT molecular complexity index is 486. The van der Waals surface area contributed by atoms with Crippen molar-refractivity contribution in [3.8, 4) is 0 Å². The van der Waals surface area contributed by atoms with Crippen molar-refractivity contribution in [2.45, 2.75) is 33.2 Å². The minimum absolute atomic E-state index is 0.226. The number of hydrogen-bond acceptors (Lipinski definition) is 3. The molecule has 0 aliphatic carbocycles. The number of anilines is 2. The van der Waals surface area contributed by atoms with Crippen molar-refractivity contribution in [1.82, 2.24) is 0 Å². The average Bonchev–Trinajstić information content (AvgIpc) is 3.01. The zero-order valence-electron chi connectivity index (χ0n) is 12.6. The van der Waals surface area contributed by atoms with Gasteiger partial charge in [0.2, 0.25) is 0 Å². The number of nitrogens with zero attached hydrogens (tertiary/aromatic N) is 1. The number of nitrogens with one attached hydrogen (secondary N) is 1. The predicted octanol–water partition coefficient (Wildman–Crippen LogP) is 4.69. The lowest BCUT2D eigenvalue weighted by atomic mass is 10.1. The molecule has 1 aromatic heterocycles. The van der Waals surface area contributed by atoms with E-state index in [1.165, 1.54) is 5.69 Å². The first-order valence-corrected chi connectivity index (χ1v) is 7.43. The van der Waals surface area contributed by atoms with Gasteiger partial charge in [-0.25, -0.2) is 0 Å². The first-order valence-electron chi connectivity index (χ1n) is 7.43. The van der Waals surface area contributed by atoms with E-state index in [1.807, 2.05) is 12.1 Å². The molecule has 3 heteroatoms. The molecule has 0 bridgehead atoms. The summed E-state index contributed by atoms with van der Waals surface area (Å²) in [4.78, 5) is 2.34. The molecule has 0 spiro atoms. The Hall–Kier alpha value is -1.90. The normalized spacial score (nSPS) is 12.2. The molecule has 20 heavy (non-hydrogen) atoms. The van der Waals surface area contributed by atoms with Crippen LogP contribution in [0.1, 0.15) is 39.0 Å². The number of furan rings is 1. The number of benzene rings is 1. The van der Waals surface area contributed by atoms with E-state index < -0.39 is 0 Å². The molecule has 3 nitrogen and oxygen atoms in total. The molecule has 1 unspecified atom stereocenters. The Morgan fingerprint density at radius 2 is 1.75 bits per heavy atom. The van der Waals surface area contributed by atoms with E-state index in [-0.39, 0.29) is 6.04 Å². The van der Waals surface area contributed by atoms with Crippen molar-refractivity contribution < 1.29 is 4.42 Å². The highest BCUT2D eigenvalue weighted by Crippen LogP contribution is 2.24. The molecular formula is C17H24N2O. The van der Waals surface area contributed by atoms with Gasteiger partial charge >= 0.3 is 0 Å². The van der Waals surface area contributed by atoms with E-state index in [0.717, 1.165) is 31.0 Å². The second-order valence-electron chi connectivity index (χ2n) is 4.84. The highest BCUT2D eigenvalue weighted by atomic mass is 16.3. The van der Waals surface area contributed by atoms with Gasteiger partial charge < -0.3 is 14.6 Å². The molecule has 0 fully saturated rings. The quantitative estimate of drug-likeness (QED) is 0.792. The van der Waals surface area contributed by atoms with Gasteiger partial charge in [-0.15, -0.1) is 0 Å². The molecule has 0 saturated carbocycles. The maximum absolute atomic E-state index is 5.48. The molecule has 0 amide bonds. The van der Waals surface area contributed by atoms with Gasteiger partial charge in [0.25, 0.3) is 0 Å². The van der Waals surface area contributed by atoms with Crippen LogP contribution in [0.25, 0.3) is 0 Å². The van der Waals surface area contributed by atoms with Crippen molar-refractivity contribution in [1.29, 1.82) is 0 Å². The molecule has 0 aliphatic heterocycles. The van der Waals surface area contributed by atoms with E-state index in [9.17, 15) is 0 Å². The third kappa shape index (κ3) is 3.35. The monoisotopic (exact) mass is 272 g/mol. The van der Waals surface area contributed by atoms with Crippen LogP contribution in [0.15, 0.2) is 47.1 Å². The molecule has 1 atom stereocenters. The summed E-state index contributed by atoms with van der Waals surface area (Å²) in [7, 11) is 0. The number of rotatable bonds is 7. The van der Waals surface area contributed by atoms with Crippen LogP contribution in [0, 0.1) is 0 Å². The van der Waals surface area contributed by atoms with E-state index in [4.69, 9.17) is 4.42 Å². The van der Waals surface area contributed by atoms with Crippen LogP contribution in [0.2, 0.25) is 0 Å². The summed E-state index contributed by atoms with van der Waals surface area (Å²) in [5.41, 5.74) is 2.40. The van der Waals surface area contributed by atoms with Gasteiger partial charge in [-0.3, -0.25) is 0 Å². The summed E-state index contributed by atoms with van der Waals surface area (Å²) in [6.07, 6.45) is 2.72. The SMILES string of the molecule is CCC(Nc1ccc(N(CC)CC)cc1)c1ccco1. The fourth-order valence-corrected chi connectivity index (χ4v) is 2.42. The molecule has 2 rings (SSSR count). The zero-order valence-corrected chi connectivity index (χ0v) is 12.6. The maximum Gasteiger partial charge on any atom is 0.125 e. The number of hydrogen-bond donors (Lipinski definition) is 1. The standard InChI is InChI=1S/C17H24N2O/c1-4-16(17-8-7-13-20-17)18-14-9-11-15(12-10-14)19(5-2)6-3/h7-13,16,18H,4-6H2,1-3H3. The summed E-state index contributed by atoms with van der Waals surface area (Å²) in [6.45, 7) is 8.59. The van der Waals surface area contributed by atoms with Gasteiger partial charge in [-0.05, 0) is 56.7 Å². The summed E-state index contributed by atoms with van der Waals surface area (Å²) in [5, 5.41) is 3.52. The van der Waals surface area contributed by atoms with Crippen molar-refractivity contribution in [2.75, 3.05) is 23.3 Å². The van der Waals surface area contributed by atoms with Gasteiger partial charge in [0.15, 0.2) is 0 Å². The van der Waals surface area contributed by atoms with Crippen molar-refractivity contribution in [3.63, 3.8) is 0 Å². The molecule has 0 saturated heterocycles. The van der Waals surface area contributed by atoms with E-state index >= 15 is 0 Å². The van der Waals surface area contributed by atoms with Gasteiger partial charge in [0, 0.05) is 24.5 Å². The molecule has 1 N–H and O–H groups in total. The van der Waals surface area contributed by atoms with E-state index in [2.05, 4.69) is 55.3 Å². The lowest BCUT2D eigenvalue weighted by Crippen LogP contribution is -2.21. The minimum Gasteiger partial charge on any atom is -0.467 e. The van der Waals surface area contributed by atoms with Crippen LogP contribution in [-0.4, -0.2) is 13.1 Å². The zero-order chi connectivity index (χ0) is 14.4. The third-order valence-electron chi connectivity index (χ3n) is 3.63. The fraction of sp³-hybridized carbons (Fsp3) is 0.412. The van der Waals surface area contributed by atoms with Crippen LogP contribution in [0.5, 0.6) is 0 Å². The van der Waals surface area contributed by atoms with Crippen molar-refractivity contribution in [3.05, 3.63) is 48.4 Å². The second-order valence-corrected chi connectivity index (χ2v) is 4.84. The highest BCUT2D eigenvalue weighted by molar-refractivity contribution is 5.55. The third-order valence-corrected chi connectivity index (χ3v) is 3.63.